The third kappa shape index (κ3) is 6.75. The summed E-state index contributed by atoms with van der Waals surface area (Å²) in [6.45, 7) is 6.08. The number of ketones is 1. The summed E-state index contributed by atoms with van der Waals surface area (Å²) in [7, 11) is 0. The van der Waals surface area contributed by atoms with Crippen molar-refractivity contribution in [3.8, 4) is 0 Å². The minimum atomic E-state index is -0.326. The quantitative estimate of drug-likeness (QED) is 0.167. The first kappa shape index (κ1) is 25.6. The summed E-state index contributed by atoms with van der Waals surface area (Å²) in [6, 6.07) is 26.9. The molecule has 0 radical (unpaired) electrons. The number of para-hydroxylation sites is 2. The fourth-order valence-electron chi connectivity index (χ4n) is 3.32. The summed E-state index contributed by atoms with van der Waals surface area (Å²) in [5.41, 5.74) is 3.71. The van der Waals surface area contributed by atoms with E-state index < -0.39 is 0 Å². The van der Waals surface area contributed by atoms with E-state index in [1.54, 1.807) is 11.0 Å². The number of nitrogens with zero attached hydrogens (tertiary/aromatic N) is 1. The molecule has 0 saturated carbocycles. The SMILES string of the molecule is CCSC(SCC)=C(C(=O)/C=C/c1ccc(C)cc1)C(=O)N(c1ccccc1)c1ccccc1. The molecule has 3 nitrogen and oxygen atoms in total. The van der Waals surface area contributed by atoms with Crippen molar-refractivity contribution < 1.29 is 9.59 Å². The van der Waals surface area contributed by atoms with E-state index in [1.807, 2.05) is 106 Å². The molecule has 0 aliphatic carbocycles. The smallest absolute Gasteiger partial charge is 0.268 e. The predicted octanol–water partition coefficient (Wildman–Crippen LogP) is 7.66. The lowest BCUT2D eigenvalue weighted by atomic mass is 10.1. The Bertz CT molecular complexity index is 1110. The Balaban J connectivity index is 2.10. The van der Waals surface area contributed by atoms with Gasteiger partial charge in [0.05, 0.1) is 4.24 Å². The van der Waals surface area contributed by atoms with Gasteiger partial charge in [0.25, 0.3) is 5.91 Å². The van der Waals surface area contributed by atoms with Crippen LogP contribution in [0.4, 0.5) is 11.4 Å². The monoisotopic (exact) mass is 487 g/mol. The van der Waals surface area contributed by atoms with Crippen molar-refractivity contribution in [2.24, 2.45) is 0 Å². The average Bonchev–Trinajstić information content (AvgIpc) is 2.86. The normalized spacial score (nSPS) is 10.8. The van der Waals surface area contributed by atoms with Crippen LogP contribution < -0.4 is 4.90 Å². The van der Waals surface area contributed by atoms with Crippen LogP contribution in [0.5, 0.6) is 0 Å². The maximum absolute atomic E-state index is 14.1. The second kappa shape index (κ2) is 13.0. The molecule has 0 heterocycles. The highest BCUT2D eigenvalue weighted by Crippen LogP contribution is 2.35. The zero-order chi connectivity index (χ0) is 24.3. The van der Waals surface area contributed by atoms with Gasteiger partial charge in [0.15, 0.2) is 5.78 Å². The predicted molar refractivity (Wildman–Crippen MR) is 149 cm³/mol. The zero-order valence-electron chi connectivity index (χ0n) is 19.7. The molecule has 174 valence electrons. The standard InChI is InChI=1S/C29H29NO2S2/c1-4-33-29(34-5-2)27(26(31)21-20-23-18-16-22(3)17-19-23)28(32)30(24-12-8-6-9-13-24)25-14-10-7-11-15-25/h6-21H,4-5H2,1-3H3/b21-20+. The zero-order valence-corrected chi connectivity index (χ0v) is 21.4. The van der Waals surface area contributed by atoms with Crippen LogP contribution in [-0.4, -0.2) is 23.2 Å². The summed E-state index contributed by atoms with van der Waals surface area (Å²) < 4.78 is 0.755. The van der Waals surface area contributed by atoms with Crippen LogP contribution in [0, 0.1) is 6.92 Å². The molecule has 1 amide bonds. The Kier molecular flexibility index (Phi) is 9.80. The summed E-state index contributed by atoms with van der Waals surface area (Å²) in [5.74, 6) is 0.919. The van der Waals surface area contributed by atoms with Crippen LogP contribution in [0.15, 0.2) is 101 Å². The lowest BCUT2D eigenvalue weighted by molar-refractivity contribution is -0.118. The van der Waals surface area contributed by atoms with Gasteiger partial charge < -0.3 is 0 Å². The molecular formula is C29H29NO2S2. The maximum atomic E-state index is 14.1. The van der Waals surface area contributed by atoms with Crippen molar-refractivity contribution in [3.63, 3.8) is 0 Å². The summed E-state index contributed by atoms with van der Waals surface area (Å²) in [4.78, 5) is 29.3. The number of anilines is 2. The van der Waals surface area contributed by atoms with E-state index in [1.165, 1.54) is 29.6 Å². The molecule has 3 aromatic rings. The van der Waals surface area contributed by atoms with E-state index in [0.29, 0.717) is 11.4 Å². The Morgan fingerprint density at radius 2 is 1.26 bits per heavy atom. The summed E-state index contributed by atoms with van der Waals surface area (Å²) >= 11 is 3.08. The number of hydrogen-bond donors (Lipinski definition) is 0. The van der Waals surface area contributed by atoms with Crippen LogP contribution in [0.1, 0.15) is 25.0 Å². The van der Waals surface area contributed by atoms with Gasteiger partial charge in [0.1, 0.15) is 5.57 Å². The largest absolute Gasteiger partial charge is 0.289 e. The van der Waals surface area contributed by atoms with Crippen molar-refractivity contribution in [1.29, 1.82) is 0 Å². The minimum absolute atomic E-state index is 0.203. The molecular weight excluding hydrogens is 458 g/mol. The molecule has 0 saturated heterocycles. The van der Waals surface area contributed by atoms with E-state index in [4.69, 9.17) is 0 Å². The van der Waals surface area contributed by atoms with Gasteiger partial charge in [-0.2, -0.15) is 0 Å². The molecule has 34 heavy (non-hydrogen) atoms. The van der Waals surface area contributed by atoms with Gasteiger partial charge in [-0.3, -0.25) is 14.5 Å². The van der Waals surface area contributed by atoms with Gasteiger partial charge in [-0.1, -0.05) is 86.2 Å². The summed E-state index contributed by atoms with van der Waals surface area (Å²) in [6.07, 6.45) is 3.29. The Morgan fingerprint density at radius 1 is 0.765 bits per heavy atom. The van der Waals surface area contributed by atoms with Gasteiger partial charge in [-0.25, -0.2) is 0 Å². The second-order valence-electron chi connectivity index (χ2n) is 7.45. The van der Waals surface area contributed by atoms with Crippen molar-refractivity contribution in [2.75, 3.05) is 16.4 Å². The number of aryl methyl sites for hydroxylation is 1. The van der Waals surface area contributed by atoms with Crippen LogP contribution in [-0.2, 0) is 9.59 Å². The van der Waals surface area contributed by atoms with Crippen LogP contribution in [0.3, 0.4) is 0 Å². The molecule has 0 aliphatic rings. The molecule has 0 atom stereocenters. The van der Waals surface area contributed by atoms with Gasteiger partial charge in [-0.15, -0.1) is 23.5 Å². The fraction of sp³-hybridized carbons (Fsp3) is 0.172. The van der Waals surface area contributed by atoms with Crippen LogP contribution in [0.25, 0.3) is 6.08 Å². The van der Waals surface area contributed by atoms with E-state index in [-0.39, 0.29) is 17.3 Å². The molecule has 0 spiro atoms. The number of allylic oxidation sites excluding steroid dienone is 1. The molecule has 3 rings (SSSR count). The maximum Gasteiger partial charge on any atom is 0.268 e. The minimum Gasteiger partial charge on any atom is -0.289 e. The van der Waals surface area contributed by atoms with Gasteiger partial charge >= 0.3 is 0 Å². The third-order valence-corrected chi connectivity index (χ3v) is 7.17. The van der Waals surface area contributed by atoms with Gasteiger partial charge in [0.2, 0.25) is 0 Å². The Hall–Kier alpha value is -3.02. The van der Waals surface area contributed by atoms with Gasteiger partial charge in [0, 0.05) is 11.4 Å². The molecule has 0 aliphatic heterocycles. The number of amides is 1. The Morgan fingerprint density at radius 3 is 1.74 bits per heavy atom. The first-order valence-corrected chi connectivity index (χ1v) is 13.3. The fourth-order valence-corrected chi connectivity index (χ4v) is 5.55. The van der Waals surface area contributed by atoms with Crippen LogP contribution in [0.2, 0.25) is 0 Å². The Labute approximate surface area is 211 Å². The van der Waals surface area contributed by atoms with Crippen molar-refractivity contribution in [3.05, 3.63) is 112 Å². The number of rotatable bonds is 10. The molecule has 3 aromatic carbocycles. The third-order valence-electron chi connectivity index (χ3n) is 4.95. The topological polar surface area (TPSA) is 37.4 Å². The van der Waals surface area contributed by atoms with Crippen molar-refractivity contribution >= 4 is 52.7 Å². The van der Waals surface area contributed by atoms with E-state index >= 15 is 0 Å². The molecule has 0 unspecified atom stereocenters. The van der Waals surface area contributed by atoms with E-state index in [2.05, 4.69) is 0 Å². The number of hydrogen-bond acceptors (Lipinski definition) is 4. The number of thioether (sulfide) groups is 2. The van der Waals surface area contributed by atoms with Crippen molar-refractivity contribution in [2.45, 2.75) is 20.8 Å². The number of carbonyl (C=O) groups excluding carboxylic acids is 2. The molecule has 0 fully saturated rings. The highest BCUT2D eigenvalue weighted by Gasteiger charge is 2.29. The molecule has 0 bridgehead atoms. The summed E-state index contributed by atoms with van der Waals surface area (Å²) in [5, 5.41) is 0. The van der Waals surface area contributed by atoms with Crippen molar-refractivity contribution in [1.82, 2.24) is 0 Å². The average molecular weight is 488 g/mol. The lowest BCUT2D eigenvalue weighted by Gasteiger charge is -2.25. The van der Waals surface area contributed by atoms with E-state index in [0.717, 1.165) is 26.9 Å². The number of benzene rings is 3. The highest BCUT2D eigenvalue weighted by atomic mass is 32.2. The van der Waals surface area contributed by atoms with E-state index in [9.17, 15) is 9.59 Å². The first-order valence-electron chi connectivity index (χ1n) is 11.3. The molecule has 5 heteroatoms. The first-order chi connectivity index (χ1) is 16.5. The molecule has 0 aromatic heterocycles. The molecule has 0 N–H and O–H groups in total. The number of carbonyl (C=O) groups is 2. The second-order valence-corrected chi connectivity index (χ2v) is 10.3. The highest BCUT2D eigenvalue weighted by molar-refractivity contribution is 8.22. The van der Waals surface area contributed by atoms with Gasteiger partial charge in [-0.05, 0) is 54.3 Å². The van der Waals surface area contributed by atoms with Crippen LogP contribution >= 0.6 is 23.5 Å². The lowest BCUT2D eigenvalue weighted by Crippen LogP contribution is -2.30.